The molecule has 1 rings (SSSR count). The average Bonchev–Trinajstić information content (AvgIpc) is 2.33. The van der Waals surface area contributed by atoms with Crippen LogP contribution in [0.1, 0.15) is 45.4 Å². The summed E-state index contributed by atoms with van der Waals surface area (Å²) in [5.74, 6) is 0.585. The molecule has 3 unspecified atom stereocenters. The van der Waals surface area contributed by atoms with Gasteiger partial charge in [-0.15, -0.1) is 0 Å². The van der Waals surface area contributed by atoms with Crippen molar-refractivity contribution in [3.63, 3.8) is 0 Å². The second-order valence-corrected chi connectivity index (χ2v) is 5.44. The lowest BCUT2D eigenvalue weighted by atomic mass is 9.76. The molecule has 0 spiro atoms. The molecular formula is C14H28N2O2. The SMILES string of the molecule is COCCCCCNC(=O)C1C(C)CCCC1N. The highest BCUT2D eigenvalue weighted by atomic mass is 16.5. The first-order valence-corrected chi connectivity index (χ1v) is 7.19. The monoisotopic (exact) mass is 256 g/mol. The van der Waals surface area contributed by atoms with Crippen molar-refractivity contribution in [2.45, 2.75) is 51.5 Å². The molecule has 3 N–H and O–H groups in total. The lowest BCUT2D eigenvalue weighted by Gasteiger charge is -2.33. The van der Waals surface area contributed by atoms with Crippen molar-refractivity contribution >= 4 is 5.91 Å². The zero-order chi connectivity index (χ0) is 13.4. The van der Waals surface area contributed by atoms with Gasteiger partial charge in [0.15, 0.2) is 0 Å². The van der Waals surface area contributed by atoms with Gasteiger partial charge in [0.2, 0.25) is 5.91 Å². The average molecular weight is 256 g/mol. The van der Waals surface area contributed by atoms with E-state index in [0.29, 0.717) is 5.92 Å². The molecule has 18 heavy (non-hydrogen) atoms. The standard InChI is InChI=1S/C14H28N2O2/c1-11-7-6-8-12(15)13(11)14(17)16-9-4-3-5-10-18-2/h11-13H,3-10,15H2,1-2H3,(H,16,17). The van der Waals surface area contributed by atoms with Gasteiger partial charge < -0.3 is 15.8 Å². The topological polar surface area (TPSA) is 64.3 Å². The zero-order valence-electron chi connectivity index (χ0n) is 11.8. The fraction of sp³-hybridized carbons (Fsp3) is 0.929. The van der Waals surface area contributed by atoms with Crippen molar-refractivity contribution in [2.24, 2.45) is 17.6 Å². The molecule has 3 atom stereocenters. The van der Waals surface area contributed by atoms with Gasteiger partial charge in [-0.05, 0) is 38.0 Å². The Morgan fingerprint density at radius 3 is 2.78 bits per heavy atom. The van der Waals surface area contributed by atoms with E-state index >= 15 is 0 Å². The third-order valence-corrected chi connectivity index (χ3v) is 3.90. The molecule has 0 aromatic carbocycles. The van der Waals surface area contributed by atoms with Gasteiger partial charge in [-0.25, -0.2) is 0 Å². The Bertz CT molecular complexity index is 236. The molecule has 0 radical (unpaired) electrons. The van der Waals surface area contributed by atoms with Gasteiger partial charge in [-0.3, -0.25) is 4.79 Å². The lowest BCUT2D eigenvalue weighted by Crippen LogP contribution is -2.47. The van der Waals surface area contributed by atoms with E-state index in [1.165, 1.54) is 0 Å². The summed E-state index contributed by atoms with van der Waals surface area (Å²) in [5, 5.41) is 3.03. The Hall–Kier alpha value is -0.610. The summed E-state index contributed by atoms with van der Waals surface area (Å²) in [7, 11) is 1.72. The number of carbonyl (C=O) groups is 1. The van der Waals surface area contributed by atoms with Crippen molar-refractivity contribution in [2.75, 3.05) is 20.3 Å². The first kappa shape index (κ1) is 15.4. The highest BCUT2D eigenvalue weighted by Crippen LogP contribution is 2.28. The molecule has 1 aliphatic carbocycles. The smallest absolute Gasteiger partial charge is 0.224 e. The maximum Gasteiger partial charge on any atom is 0.224 e. The first-order chi connectivity index (χ1) is 8.66. The van der Waals surface area contributed by atoms with Crippen LogP contribution in [0.25, 0.3) is 0 Å². The summed E-state index contributed by atoms with van der Waals surface area (Å²) in [6, 6.07) is 0.0437. The van der Waals surface area contributed by atoms with Crippen LogP contribution in [-0.2, 0) is 9.53 Å². The van der Waals surface area contributed by atoms with Crippen molar-refractivity contribution in [1.82, 2.24) is 5.32 Å². The minimum Gasteiger partial charge on any atom is -0.385 e. The molecular weight excluding hydrogens is 228 g/mol. The number of ether oxygens (including phenoxy) is 1. The van der Waals surface area contributed by atoms with Crippen LogP contribution in [0.5, 0.6) is 0 Å². The summed E-state index contributed by atoms with van der Waals surface area (Å²) in [4.78, 5) is 12.1. The van der Waals surface area contributed by atoms with Crippen LogP contribution in [0, 0.1) is 11.8 Å². The number of amides is 1. The molecule has 1 saturated carbocycles. The third-order valence-electron chi connectivity index (χ3n) is 3.90. The van der Waals surface area contributed by atoms with Crippen LogP contribution in [0.4, 0.5) is 0 Å². The Balaban J connectivity index is 2.18. The molecule has 106 valence electrons. The second kappa shape index (κ2) is 8.48. The van der Waals surface area contributed by atoms with Gasteiger partial charge in [0.05, 0.1) is 5.92 Å². The van der Waals surface area contributed by atoms with Crippen LogP contribution in [0.15, 0.2) is 0 Å². The summed E-state index contributed by atoms with van der Waals surface area (Å²) in [6.45, 7) is 3.71. The van der Waals surface area contributed by atoms with E-state index in [2.05, 4.69) is 12.2 Å². The quantitative estimate of drug-likeness (QED) is 0.681. The predicted octanol–water partition coefficient (Wildman–Crippen LogP) is 1.68. The highest BCUT2D eigenvalue weighted by Gasteiger charge is 2.33. The van der Waals surface area contributed by atoms with Gasteiger partial charge in [-0.1, -0.05) is 13.3 Å². The van der Waals surface area contributed by atoms with Gasteiger partial charge in [0.1, 0.15) is 0 Å². The molecule has 0 aromatic rings. The van der Waals surface area contributed by atoms with E-state index in [4.69, 9.17) is 10.5 Å². The van der Waals surface area contributed by atoms with Crippen molar-refractivity contribution in [1.29, 1.82) is 0 Å². The van der Waals surface area contributed by atoms with Crippen molar-refractivity contribution in [3.05, 3.63) is 0 Å². The van der Waals surface area contributed by atoms with Gasteiger partial charge in [0, 0.05) is 26.3 Å². The summed E-state index contributed by atoms with van der Waals surface area (Å²) < 4.78 is 4.99. The van der Waals surface area contributed by atoms with E-state index in [9.17, 15) is 4.79 Å². The van der Waals surface area contributed by atoms with Crippen LogP contribution in [-0.4, -0.2) is 32.2 Å². The summed E-state index contributed by atoms with van der Waals surface area (Å²) in [6.07, 6.45) is 6.44. The van der Waals surface area contributed by atoms with Crippen LogP contribution >= 0.6 is 0 Å². The molecule has 0 saturated heterocycles. The van der Waals surface area contributed by atoms with Gasteiger partial charge in [0.25, 0.3) is 0 Å². The van der Waals surface area contributed by atoms with Crippen LogP contribution in [0.2, 0.25) is 0 Å². The fourth-order valence-electron chi connectivity index (χ4n) is 2.79. The first-order valence-electron chi connectivity index (χ1n) is 7.19. The van der Waals surface area contributed by atoms with Crippen molar-refractivity contribution in [3.8, 4) is 0 Å². The molecule has 1 amide bonds. The second-order valence-electron chi connectivity index (χ2n) is 5.44. The zero-order valence-corrected chi connectivity index (χ0v) is 11.8. The Morgan fingerprint density at radius 2 is 2.11 bits per heavy atom. The number of methoxy groups -OCH3 is 1. The molecule has 0 bridgehead atoms. The van der Waals surface area contributed by atoms with E-state index in [1.807, 2.05) is 0 Å². The Morgan fingerprint density at radius 1 is 1.33 bits per heavy atom. The predicted molar refractivity (Wildman–Crippen MR) is 73.2 cm³/mol. The lowest BCUT2D eigenvalue weighted by molar-refractivity contribution is -0.128. The molecule has 0 heterocycles. The van der Waals surface area contributed by atoms with Crippen LogP contribution < -0.4 is 11.1 Å². The molecule has 0 aliphatic heterocycles. The third kappa shape index (κ3) is 4.94. The van der Waals surface area contributed by atoms with Crippen molar-refractivity contribution < 1.29 is 9.53 Å². The molecule has 1 aliphatic rings. The Kier molecular flexibility index (Phi) is 7.28. The van der Waals surface area contributed by atoms with Crippen LogP contribution in [0.3, 0.4) is 0 Å². The Labute approximate surface area is 111 Å². The number of nitrogens with one attached hydrogen (secondary N) is 1. The summed E-state index contributed by atoms with van der Waals surface area (Å²) >= 11 is 0. The highest BCUT2D eigenvalue weighted by molar-refractivity contribution is 5.79. The van der Waals surface area contributed by atoms with E-state index in [1.54, 1.807) is 7.11 Å². The van der Waals surface area contributed by atoms with E-state index in [0.717, 1.165) is 51.7 Å². The summed E-state index contributed by atoms with van der Waals surface area (Å²) in [5.41, 5.74) is 6.06. The number of nitrogens with two attached hydrogens (primary N) is 1. The number of unbranched alkanes of at least 4 members (excludes halogenated alkanes) is 2. The normalized spacial score (nSPS) is 28.1. The molecule has 4 nitrogen and oxygen atoms in total. The maximum absolute atomic E-state index is 12.1. The number of hydrogen-bond acceptors (Lipinski definition) is 3. The number of rotatable bonds is 7. The molecule has 4 heteroatoms. The van der Waals surface area contributed by atoms with E-state index in [-0.39, 0.29) is 17.9 Å². The minimum atomic E-state index is 0.0118. The number of hydrogen-bond donors (Lipinski definition) is 2. The van der Waals surface area contributed by atoms with E-state index < -0.39 is 0 Å². The molecule has 1 fully saturated rings. The fourth-order valence-corrected chi connectivity index (χ4v) is 2.79. The number of carbonyl (C=O) groups excluding carboxylic acids is 1. The minimum absolute atomic E-state index is 0.0118. The largest absolute Gasteiger partial charge is 0.385 e. The maximum atomic E-state index is 12.1. The molecule has 0 aromatic heterocycles. The van der Waals surface area contributed by atoms with Gasteiger partial charge in [-0.2, -0.15) is 0 Å². The van der Waals surface area contributed by atoms with Gasteiger partial charge >= 0.3 is 0 Å².